The molecule has 2 atom stereocenters. The highest BCUT2D eigenvalue weighted by Gasteiger charge is 2.23. The van der Waals surface area contributed by atoms with Gasteiger partial charge in [-0.1, -0.05) is 33.2 Å². The molecular formula is C14H14BrN3O. The Labute approximate surface area is 119 Å². The molecule has 0 saturated heterocycles. The van der Waals surface area contributed by atoms with Gasteiger partial charge in [0, 0.05) is 16.1 Å². The Morgan fingerprint density at radius 2 is 2.21 bits per heavy atom. The van der Waals surface area contributed by atoms with Gasteiger partial charge in [0.1, 0.15) is 0 Å². The van der Waals surface area contributed by atoms with Crippen molar-refractivity contribution < 1.29 is 4.52 Å². The highest BCUT2D eigenvalue weighted by Crippen LogP contribution is 2.29. The topological polar surface area (TPSA) is 64.9 Å². The molecule has 1 aromatic heterocycles. The van der Waals surface area contributed by atoms with E-state index in [1.807, 2.05) is 37.3 Å². The molecule has 0 bridgehead atoms. The van der Waals surface area contributed by atoms with Crippen molar-refractivity contribution in [3.63, 3.8) is 0 Å². The van der Waals surface area contributed by atoms with Gasteiger partial charge in [-0.15, -0.1) is 0 Å². The fourth-order valence-corrected chi connectivity index (χ4v) is 2.76. The van der Waals surface area contributed by atoms with Gasteiger partial charge in [0.2, 0.25) is 11.7 Å². The van der Waals surface area contributed by atoms with Crippen LogP contribution in [0, 0.1) is 6.92 Å². The molecule has 0 fully saturated rings. The molecule has 0 aliphatic heterocycles. The second-order valence-corrected chi connectivity index (χ2v) is 5.72. The maximum Gasteiger partial charge on any atom is 0.233 e. The summed E-state index contributed by atoms with van der Waals surface area (Å²) in [7, 11) is 0. The lowest BCUT2D eigenvalue weighted by Crippen LogP contribution is -2.14. The van der Waals surface area contributed by atoms with Gasteiger partial charge in [-0.25, -0.2) is 0 Å². The Kier molecular flexibility index (Phi) is 3.24. The Bertz CT molecular complexity index is 635. The van der Waals surface area contributed by atoms with Crippen molar-refractivity contribution in [3.05, 3.63) is 46.3 Å². The third-order valence-corrected chi connectivity index (χ3v) is 3.80. The molecule has 2 unspecified atom stereocenters. The first-order valence-corrected chi connectivity index (χ1v) is 6.97. The average Bonchev–Trinajstić information content (AvgIpc) is 2.97. The van der Waals surface area contributed by atoms with E-state index in [0.717, 1.165) is 22.0 Å². The third kappa shape index (κ3) is 2.48. The molecule has 0 saturated carbocycles. The van der Waals surface area contributed by atoms with E-state index in [1.165, 1.54) is 0 Å². The number of allylic oxidation sites excluding steroid dienone is 1. The number of hydrogen-bond donors (Lipinski definition) is 1. The number of benzene rings is 1. The summed E-state index contributed by atoms with van der Waals surface area (Å²) in [6.45, 7) is 2.03. The summed E-state index contributed by atoms with van der Waals surface area (Å²) in [5.41, 5.74) is 7.94. The summed E-state index contributed by atoms with van der Waals surface area (Å²) in [5.74, 6) is 1.42. The predicted molar refractivity (Wildman–Crippen MR) is 76.6 cm³/mol. The minimum Gasteiger partial charge on any atom is -0.338 e. The van der Waals surface area contributed by atoms with Crippen LogP contribution in [-0.4, -0.2) is 16.2 Å². The molecule has 98 valence electrons. The number of aromatic nitrogens is 2. The molecule has 2 aromatic rings. The largest absolute Gasteiger partial charge is 0.338 e. The lowest BCUT2D eigenvalue weighted by atomic mass is 10.1. The van der Waals surface area contributed by atoms with Crippen LogP contribution < -0.4 is 5.73 Å². The highest BCUT2D eigenvalue weighted by molar-refractivity contribution is 9.10. The van der Waals surface area contributed by atoms with E-state index in [0.29, 0.717) is 11.7 Å². The van der Waals surface area contributed by atoms with Gasteiger partial charge in [-0.05, 0) is 37.1 Å². The zero-order chi connectivity index (χ0) is 13.4. The molecule has 0 radical (unpaired) electrons. The molecule has 0 spiro atoms. The van der Waals surface area contributed by atoms with E-state index in [-0.39, 0.29) is 12.0 Å². The lowest BCUT2D eigenvalue weighted by Gasteiger charge is -2.02. The average molecular weight is 320 g/mol. The van der Waals surface area contributed by atoms with Crippen molar-refractivity contribution >= 4 is 15.9 Å². The van der Waals surface area contributed by atoms with Crippen LogP contribution in [0.3, 0.4) is 0 Å². The number of nitrogens with zero attached hydrogens (tertiary/aromatic N) is 2. The van der Waals surface area contributed by atoms with E-state index in [9.17, 15) is 0 Å². The Hall–Kier alpha value is -1.46. The zero-order valence-corrected chi connectivity index (χ0v) is 12.1. The van der Waals surface area contributed by atoms with Crippen LogP contribution in [0.4, 0.5) is 0 Å². The molecular weight excluding hydrogens is 306 g/mol. The number of hydrogen-bond acceptors (Lipinski definition) is 4. The van der Waals surface area contributed by atoms with Gasteiger partial charge in [-0.2, -0.15) is 4.98 Å². The SMILES string of the molecule is Cc1cc(Br)ccc1-c1noc(C2C=CC(N)C2)n1. The molecule has 1 aliphatic rings. The smallest absolute Gasteiger partial charge is 0.233 e. The molecule has 19 heavy (non-hydrogen) atoms. The Morgan fingerprint density at radius 1 is 1.37 bits per heavy atom. The number of halogens is 1. The van der Waals surface area contributed by atoms with E-state index < -0.39 is 0 Å². The van der Waals surface area contributed by atoms with E-state index in [4.69, 9.17) is 10.3 Å². The molecule has 4 nitrogen and oxygen atoms in total. The second kappa shape index (κ2) is 4.90. The fraction of sp³-hybridized carbons (Fsp3) is 0.286. The van der Waals surface area contributed by atoms with Crippen LogP contribution in [0.15, 0.2) is 39.3 Å². The summed E-state index contributed by atoms with van der Waals surface area (Å²) < 4.78 is 6.40. The van der Waals surface area contributed by atoms with Crippen LogP contribution in [0.2, 0.25) is 0 Å². The second-order valence-electron chi connectivity index (χ2n) is 4.81. The van der Waals surface area contributed by atoms with Crippen LogP contribution in [0.5, 0.6) is 0 Å². The van der Waals surface area contributed by atoms with Gasteiger partial charge in [-0.3, -0.25) is 0 Å². The normalized spacial score (nSPS) is 22.1. The van der Waals surface area contributed by atoms with Crippen molar-refractivity contribution in [2.45, 2.75) is 25.3 Å². The molecule has 2 N–H and O–H groups in total. The summed E-state index contributed by atoms with van der Waals surface area (Å²) in [4.78, 5) is 4.49. The van der Waals surface area contributed by atoms with Gasteiger partial charge >= 0.3 is 0 Å². The first kappa shape index (κ1) is 12.6. The van der Waals surface area contributed by atoms with Crippen molar-refractivity contribution in [1.29, 1.82) is 0 Å². The first-order valence-electron chi connectivity index (χ1n) is 6.17. The number of rotatable bonds is 2. The third-order valence-electron chi connectivity index (χ3n) is 3.31. The fourth-order valence-electron chi connectivity index (χ4n) is 2.28. The van der Waals surface area contributed by atoms with Crippen molar-refractivity contribution in [2.75, 3.05) is 0 Å². The molecule has 1 aromatic carbocycles. The quantitative estimate of drug-likeness (QED) is 0.863. The number of aryl methyl sites for hydroxylation is 1. The zero-order valence-electron chi connectivity index (χ0n) is 10.5. The van der Waals surface area contributed by atoms with Gasteiger partial charge < -0.3 is 10.3 Å². The van der Waals surface area contributed by atoms with Gasteiger partial charge in [0.15, 0.2) is 0 Å². The first-order chi connectivity index (χ1) is 9.13. The Balaban J connectivity index is 1.91. The predicted octanol–water partition coefficient (Wildman–Crippen LogP) is 3.18. The maximum atomic E-state index is 5.84. The van der Waals surface area contributed by atoms with Gasteiger partial charge in [0.05, 0.1) is 5.92 Å². The summed E-state index contributed by atoms with van der Waals surface area (Å²) in [6.07, 6.45) is 4.86. The van der Waals surface area contributed by atoms with Crippen LogP contribution >= 0.6 is 15.9 Å². The van der Waals surface area contributed by atoms with E-state index in [1.54, 1.807) is 0 Å². The maximum absolute atomic E-state index is 5.84. The van der Waals surface area contributed by atoms with Crippen molar-refractivity contribution in [1.82, 2.24) is 10.1 Å². The molecule has 1 aliphatic carbocycles. The summed E-state index contributed by atoms with van der Waals surface area (Å²) in [5, 5.41) is 4.07. The monoisotopic (exact) mass is 319 g/mol. The minimum atomic E-state index is 0.0924. The van der Waals surface area contributed by atoms with E-state index in [2.05, 4.69) is 26.1 Å². The molecule has 0 amide bonds. The standard InChI is InChI=1S/C14H14BrN3O/c1-8-6-10(15)3-5-12(8)13-17-14(19-18-13)9-2-4-11(16)7-9/h2-6,9,11H,7,16H2,1H3. The van der Waals surface area contributed by atoms with Gasteiger partial charge in [0.25, 0.3) is 0 Å². The minimum absolute atomic E-state index is 0.0924. The molecule has 5 heteroatoms. The molecule has 3 rings (SSSR count). The van der Waals surface area contributed by atoms with Crippen molar-refractivity contribution in [2.24, 2.45) is 5.73 Å². The summed E-state index contributed by atoms with van der Waals surface area (Å²) >= 11 is 3.45. The highest BCUT2D eigenvalue weighted by atomic mass is 79.9. The lowest BCUT2D eigenvalue weighted by molar-refractivity contribution is 0.365. The van der Waals surface area contributed by atoms with E-state index >= 15 is 0 Å². The van der Waals surface area contributed by atoms with Crippen LogP contribution in [0.1, 0.15) is 23.8 Å². The number of nitrogens with two attached hydrogens (primary N) is 1. The van der Waals surface area contributed by atoms with Crippen molar-refractivity contribution in [3.8, 4) is 11.4 Å². The van der Waals surface area contributed by atoms with Crippen LogP contribution in [0.25, 0.3) is 11.4 Å². The van der Waals surface area contributed by atoms with Crippen LogP contribution in [-0.2, 0) is 0 Å². The Morgan fingerprint density at radius 3 is 2.89 bits per heavy atom. The summed E-state index contributed by atoms with van der Waals surface area (Å²) in [6, 6.07) is 6.10. The molecule has 1 heterocycles.